The molecule has 0 N–H and O–H groups in total. The minimum Gasteiger partial charge on any atom is -0.456 e. The van der Waals surface area contributed by atoms with Crippen molar-refractivity contribution in [1.82, 2.24) is 0 Å². The summed E-state index contributed by atoms with van der Waals surface area (Å²) >= 11 is 0. The monoisotopic (exact) mass is 254 g/mol. The summed E-state index contributed by atoms with van der Waals surface area (Å²) in [7, 11) is 0. The number of carbonyl (C=O) groups excluding carboxylic acids is 1. The molecule has 0 amide bonds. The normalized spacial score (nSPS) is 10.3. The third-order valence-electron chi connectivity index (χ3n) is 3.06. The molecular formula is C17H18O2. The fourth-order valence-corrected chi connectivity index (χ4v) is 2.01. The minimum atomic E-state index is 0.0976. The fourth-order valence-electron chi connectivity index (χ4n) is 2.01. The van der Waals surface area contributed by atoms with Gasteiger partial charge in [0.25, 0.3) is 0 Å². The minimum absolute atomic E-state index is 0.0976. The van der Waals surface area contributed by atoms with Crippen molar-refractivity contribution in [3.8, 4) is 11.5 Å². The highest BCUT2D eigenvalue weighted by atomic mass is 16.5. The molecule has 0 heterocycles. The number of ether oxygens (including phenoxy) is 1. The second-order valence-corrected chi connectivity index (χ2v) is 4.64. The van der Waals surface area contributed by atoms with Gasteiger partial charge in [-0.1, -0.05) is 36.8 Å². The Hall–Kier alpha value is -2.09. The van der Waals surface area contributed by atoms with Crippen LogP contribution < -0.4 is 4.74 Å². The molecule has 0 radical (unpaired) electrons. The van der Waals surface area contributed by atoms with Crippen molar-refractivity contribution in [2.75, 3.05) is 0 Å². The van der Waals surface area contributed by atoms with Gasteiger partial charge in [-0.2, -0.15) is 0 Å². The van der Waals surface area contributed by atoms with E-state index in [1.54, 1.807) is 0 Å². The Labute approximate surface area is 114 Å². The van der Waals surface area contributed by atoms with E-state index >= 15 is 0 Å². The Morgan fingerprint density at radius 2 is 1.79 bits per heavy atom. The molecule has 0 spiro atoms. The van der Waals surface area contributed by atoms with Crippen molar-refractivity contribution < 1.29 is 9.53 Å². The van der Waals surface area contributed by atoms with Gasteiger partial charge in [0.1, 0.15) is 11.5 Å². The van der Waals surface area contributed by atoms with Gasteiger partial charge in [-0.3, -0.25) is 4.79 Å². The lowest BCUT2D eigenvalue weighted by Gasteiger charge is -2.12. The van der Waals surface area contributed by atoms with Gasteiger partial charge in [0.15, 0.2) is 5.78 Å². The van der Waals surface area contributed by atoms with E-state index in [9.17, 15) is 4.79 Å². The lowest BCUT2D eigenvalue weighted by molar-refractivity contribution is 0.0986. The smallest absolute Gasteiger partial charge is 0.166 e. The molecule has 2 aromatic carbocycles. The van der Waals surface area contributed by atoms with Crippen LogP contribution in [0, 0.1) is 13.8 Å². The fraction of sp³-hybridized carbons (Fsp3) is 0.235. The van der Waals surface area contributed by atoms with Crippen LogP contribution in [0.5, 0.6) is 11.5 Å². The van der Waals surface area contributed by atoms with Gasteiger partial charge in [0.2, 0.25) is 0 Å². The molecule has 19 heavy (non-hydrogen) atoms. The molecule has 0 aromatic heterocycles. The molecule has 2 heteroatoms. The second kappa shape index (κ2) is 5.70. The number of hydrogen-bond acceptors (Lipinski definition) is 2. The Morgan fingerprint density at radius 3 is 2.47 bits per heavy atom. The van der Waals surface area contributed by atoms with E-state index in [1.807, 2.05) is 57.2 Å². The number of benzene rings is 2. The number of ketones is 1. The topological polar surface area (TPSA) is 26.3 Å². The van der Waals surface area contributed by atoms with Crippen molar-refractivity contribution in [3.05, 3.63) is 59.2 Å². The standard InChI is InChI=1S/C17H18O2/c1-4-15(18)14-7-5-6-8-17(14)19-16-10-9-12(2)11-13(16)3/h5-11H,4H2,1-3H3. The summed E-state index contributed by atoms with van der Waals surface area (Å²) in [5.41, 5.74) is 2.91. The van der Waals surface area contributed by atoms with Crippen molar-refractivity contribution in [1.29, 1.82) is 0 Å². The molecule has 0 fully saturated rings. The summed E-state index contributed by atoms with van der Waals surface area (Å²) in [6.45, 7) is 5.91. The highest BCUT2D eigenvalue weighted by Crippen LogP contribution is 2.29. The molecule has 0 saturated heterocycles. The maximum Gasteiger partial charge on any atom is 0.166 e. The first kappa shape index (κ1) is 13.3. The van der Waals surface area contributed by atoms with E-state index in [1.165, 1.54) is 5.56 Å². The third-order valence-corrected chi connectivity index (χ3v) is 3.06. The summed E-state index contributed by atoms with van der Waals surface area (Å²) in [5.74, 6) is 1.52. The summed E-state index contributed by atoms with van der Waals surface area (Å²) in [5, 5.41) is 0. The van der Waals surface area contributed by atoms with Gasteiger partial charge >= 0.3 is 0 Å². The van der Waals surface area contributed by atoms with Gasteiger partial charge in [0.05, 0.1) is 5.56 Å². The molecule has 2 aromatic rings. The quantitative estimate of drug-likeness (QED) is 0.740. The van der Waals surface area contributed by atoms with Crippen molar-refractivity contribution >= 4 is 5.78 Å². The molecular weight excluding hydrogens is 236 g/mol. The summed E-state index contributed by atoms with van der Waals surface area (Å²) in [6, 6.07) is 13.4. The van der Waals surface area contributed by atoms with Crippen LogP contribution in [0.1, 0.15) is 34.8 Å². The van der Waals surface area contributed by atoms with Crippen molar-refractivity contribution in [2.24, 2.45) is 0 Å². The Morgan fingerprint density at radius 1 is 1.05 bits per heavy atom. The first-order valence-electron chi connectivity index (χ1n) is 6.49. The van der Waals surface area contributed by atoms with Gasteiger partial charge in [0, 0.05) is 6.42 Å². The van der Waals surface area contributed by atoms with E-state index in [4.69, 9.17) is 4.74 Å². The number of rotatable bonds is 4. The molecule has 2 rings (SSSR count). The first-order chi connectivity index (χ1) is 9.11. The maximum absolute atomic E-state index is 11.9. The molecule has 0 aliphatic heterocycles. The Bertz CT molecular complexity index is 600. The van der Waals surface area contributed by atoms with Crippen LogP contribution >= 0.6 is 0 Å². The third kappa shape index (κ3) is 3.02. The van der Waals surface area contributed by atoms with Crippen LogP contribution in [-0.4, -0.2) is 5.78 Å². The molecule has 0 unspecified atom stereocenters. The number of carbonyl (C=O) groups is 1. The Kier molecular flexibility index (Phi) is 4.00. The van der Waals surface area contributed by atoms with Gasteiger partial charge in [-0.15, -0.1) is 0 Å². The molecule has 0 bridgehead atoms. The highest BCUT2D eigenvalue weighted by Gasteiger charge is 2.11. The SMILES string of the molecule is CCC(=O)c1ccccc1Oc1ccc(C)cc1C. The summed E-state index contributed by atoms with van der Waals surface area (Å²) < 4.78 is 5.90. The van der Waals surface area contributed by atoms with E-state index in [2.05, 4.69) is 6.07 Å². The van der Waals surface area contributed by atoms with E-state index in [0.717, 1.165) is 11.3 Å². The van der Waals surface area contributed by atoms with Crippen molar-refractivity contribution in [3.63, 3.8) is 0 Å². The summed E-state index contributed by atoms with van der Waals surface area (Å²) in [4.78, 5) is 11.9. The average Bonchev–Trinajstić information content (AvgIpc) is 2.41. The van der Waals surface area contributed by atoms with Crippen LogP contribution in [0.25, 0.3) is 0 Å². The number of para-hydroxylation sites is 1. The Balaban J connectivity index is 2.35. The van der Waals surface area contributed by atoms with Crippen LogP contribution in [-0.2, 0) is 0 Å². The average molecular weight is 254 g/mol. The van der Waals surface area contributed by atoms with Crippen LogP contribution in [0.15, 0.2) is 42.5 Å². The zero-order valence-electron chi connectivity index (χ0n) is 11.6. The van der Waals surface area contributed by atoms with E-state index < -0.39 is 0 Å². The first-order valence-corrected chi connectivity index (χ1v) is 6.49. The molecule has 0 saturated carbocycles. The molecule has 0 aliphatic rings. The van der Waals surface area contributed by atoms with E-state index in [-0.39, 0.29) is 5.78 Å². The van der Waals surface area contributed by atoms with Crippen LogP contribution in [0.2, 0.25) is 0 Å². The lowest BCUT2D eigenvalue weighted by Crippen LogP contribution is -2.00. The number of hydrogen-bond donors (Lipinski definition) is 0. The molecule has 0 atom stereocenters. The largest absolute Gasteiger partial charge is 0.456 e. The number of aryl methyl sites for hydroxylation is 2. The van der Waals surface area contributed by atoms with Gasteiger partial charge < -0.3 is 4.74 Å². The molecule has 2 nitrogen and oxygen atoms in total. The van der Waals surface area contributed by atoms with Crippen LogP contribution in [0.3, 0.4) is 0 Å². The molecule has 0 aliphatic carbocycles. The zero-order chi connectivity index (χ0) is 13.8. The zero-order valence-corrected chi connectivity index (χ0v) is 11.6. The lowest BCUT2D eigenvalue weighted by atomic mass is 10.1. The second-order valence-electron chi connectivity index (χ2n) is 4.64. The van der Waals surface area contributed by atoms with Gasteiger partial charge in [-0.05, 0) is 37.6 Å². The molecule has 98 valence electrons. The van der Waals surface area contributed by atoms with Crippen molar-refractivity contribution in [2.45, 2.75) is 27.2 Å². The summed E-state index contributed by atoms with van der Waals surface area (Å²) in [6.07, 6.45) is 0.479. The van der Waals surface area contributed by atoms with Gasteiger partial charge in [-0.25, -0.2) is 0 Å². The number of Topliss-reactive ketones (excluding diaryl/α,β-unsaturated/α-hetero) is 1. The van der Waals surface area contributed by atoms with Crippen LogP contribution in [0.4, 0.5) is 0 Å². The predicted molar refractivity (Wildman–Crippen MR) is 77.1 cm³/mol. The predicted octanol–water partition coefficient (Wildman–Crippen LogP) is 4.69. The van der Waals surface area contributed by atoms with E-state index in [0.29, 0.717) is 17.7 Å². The highest BCUT2D eigenvalue weighted by molar-refractivity contribution is 5.98. The maximum atomic E-state index is 11.9.